The van der Waals surface area contributed by atoms with Crippen molar-refractivity contribution in [2.45, 2.75) is 44.0 Å². The van der Waals surface area contributed by atoms with Crippen LogP contribution < -0.4 is 15.4 Å². The van der Waals surface area contributed by atoms with Crippen molar-refractivity contribution in [2.24, 2.45) is 4.99 Å². The number of thioether (sulfide) groups is 1. The number of ether oxygens (including phenoxy) is 1. The lowest BCUT2D eigenvalue weighted by Gasteiger charge is -2.17. The molecule has 1 aromatic carbocycles. The second kappa shape index (κ2) is 10.3. The maximum atomic E-state index is 5.71. The van der Waals surface area contributed by atoms with Crippen LogP contribution in [0.2, 0.25) is 0 Å². The van der Waals surface area contributed by atoms with Gasteiger partial charge in [0, 0.05) is 23.4 Å². The topological polar surface area (TPSA) is 45.6 Å². The van der Waals surface area contributed by atoms with Gasteiger partial charge in [0.15, 0.2) is 5.96 Å². The molecule has 0 bridgehead atoms. The van der Waals surface area contributed by atoms with Crippen LogP contribution in [0, 0.1) is 0 Å². The number of hydrogen-bond donors (Lipinski definition) is 2. The van der Waals surface area contributed by atoms with Gasteiger partial charge >= 0.3 is 0 Å². The van der Waals surface area contributed by atoms with E-state index < -0.39 is 0 Å². The van der Waals surface area contributed by atoms with Gasteiger partial charge in [-0.3, -0.25) is 0 Å². The fourth-order valence-electron chi connectivity index (χ4n) is 2.89. The Morgan fingerprint density at radius 1 is 1.42 bits per heavy atom. The molecule has 1 aromatic rings. The molecule has 0 aromatic heterocycles. The van der Waals surface area contributed by atoms with E-state index in [1.54, 1.807) is 6.08 Å². The largest absolute Gasteiger partial charge is 0.489 e. The number of hydrogen-bond acceptors (Lipinski definition) is 3. The maximum absolute atomic E-state index is 5.71. The number of aliphatic imine (C=N–C) groups is 1. The van der Waals surface area contributed by atoms with Gasteiger partial charge < -0.3 is 15.4 Å². The third-order valence-corrected chi connectivity index (χ3v) is 5.23. The van der Waals surface area contributed by atoms with Crippen molar-refractivity contribution in [2.75, 3.05) is 19.4 Å². The van der Waals surface area contributed by atoms with Crippen molar-refractivity contribution in [3.05, 3.63) is 42.5 Å². The second-order valence-corrected chi connectivity index (χ2v) is 7.05. The van der Waals surface area contributed by atoms with Crippen molar-refractivity contribution in [3.63, 3.8) is 0 Å². The standard InChI is InChI=1S/C19H29N3OS/c1-4-12-23-18-9-7-6-8-15(18)14-21-19(20-5-2)22-16-10-11-17(13-16)24-3/h4,6-9,16-17H,1,5,10-14H2,2-3H3,(H2,20,21,22). The first-order chi connectivity index (χ1) is 11.8. The molecule has 0 heterocycles. The van der Waals surface area contributed by atoms with Gasteiger partial charge in [0.2, 0.25) is 0 Å². The highest BCUT2D eigenvalue weighted by atomic mass is 32.2. The molecule has 1 fully saturated rings. The Kier molecular flexibility index (Phi) is 8.02. The van der Waals surface area contributed by atoms with E-state index in [0.717, 1.165) is 29.1 Å². The molecule has 1 saturated carbocycles. The molecule has 5 heteroatoms. The molecule has 0 spiro atoms. The molecule has 2 unspecified atom stereocenters. The van der Waals surface area contributed by atoms with Crippen LogP contribution in [-0.4, -0.2) is 36.7 Å². The summed E-state index contributed by atoms with van der Waals surface area (Å²) in [6.07, 6.45) is 7.68. The molecular weight excluding hydrogens is 318 g/mol. The summed E-state index contributed by atoms with van der Waals surface area (Å²) in [5.74, 6) is 1.77. The normalized spacial score (nSPS) is 20.7. The zero-order valence-electron chi connectivity index (χ0n) is 14.8. The molecule has 1 aliphatic carbocycles. The summed E-state index contributed by atoms with van der Waals surface area (Å²) in [5, 5.41) is 7.71. The van der Waals surface area contributed by atoms with E-state index in [4.69, 9.17) is 9.73 Å². The first kappa shape index (κ1) is 18.7. The van der Waals surface area contributed by atoms with Gasteiger partial charge in [-0.2, -0.15) is 11.8 Å². The van der Waals surface area contributed by atoms with Crippen LogP contribution in [-0.2, 0) is 6.54 Å². The van der Waals surface area contributed by atoms with E-state index in [9.17, 15) is 0 Å². The van der Waals surface area contributed by atoms with Gasteiger partial charge in [0.05, 0.1) is 6.54 Å². The van der Waals surface area contributed by atoms with Gasteiger partial charge in [-0.15, -0.1) is 0 Å². The predicted octanol–water partition coefficient (Wildman–Crippen LogP) is 3.59. The molecule has 0 saturated heterocycles. The summed E-state index contributed by atoms with van der Waals surface area (Å²) in [6.45, 7) is 7.76. The Balaban J connectivity index is 1.99. The molecule has 2 atom stereocenters. The summed E-state index contributed by atoms with van der Waals surface area (Å²) in [6, 6.07) is 8.56. The minimum absolute atomic E-state index is 0.511. The zero-order chi connectivity index (χ0) is 17.2. The lowest BCUT2D eigenvalue weighted by molar-refractivity contribution is 0.359. The number of benzene rings is 1. The van der Waals surface area contributed by atoms with E-state index in [1.807, 2.05) is 30.0 Å². The van der Waals surface area contributed by atoms with E-state index in [2.05, 4.69) is 36.5 Å². The van der Waals surface area contributed by atoms with E-state index >= 15 is 0 Å². The van der Waals surface area contributed by atoms with Gasteiger partial charge in [0.1, 0.15) is 12.4 Å². The summed E-state index contributed by atoms with van der Waals surface area (Å²) in [5.41, 5.74) is 1.09. The fourth-order valence-corrected chi connectivity index (χ4v) is 3.68. The molecule has 0 aliphatic heterocycles. The van der Waals surface area contributed by atoms with Crippen molar-refractivity contribution in [1.82, 2.24) is 10.6 Å². The van der Waals surface area contributed by atoms with Crippen LogP contribution in [0.15, 0.2) is 41.9 Å². The number of rotatable bonds is 8. The van der Waals surface area contributed by atoms with Crippen molar-refractivity contribution in [1.29, 1.82) is 0 Å². The van der Waals surface area contributed by atoms with Gasteiger partial charge in [-0.05, 0) is 38.5 Å². The summed E-state index contributed by atoms with van der Waals surface area (Å²) >= 11 is 1.97. The Labute approximate surface area is 150 Å². The van der Waals surface area contributed by atoms with Crippen LogP contribution in [0.3, 0.4) is 0 Å². The number of nitrogens with one attached hydrogen (secondary N) is 2. The maximum Gasteiger partial charge on any atom is 0.191 e. The van der Waals surface area contributed by atoms with Gasteiger partial charge in [-0.1, -0.05) is 30.9 Å². The van der Waals surface area contributed by atoms with E-state index in [-0.39, 0.29) is 0 Å². The Bertz CT molecular complexity index is 547. The van der Waals surface area contributed by atoms with Crippen molar-refractivity contribution >= 4 is 17.7 Å². The SMILES string of the molecule is C=CCOc1ccccc1CN=C(NCC)NC1CCC(SC)C1. The van der Waals surface area contributed by atoms with Crippen LogP contribution >= 0.6 is 11.8 Å². The van der Waals surface area contributed by atoms with E-state index in [0.29, 0.717) is 19.2 Å². The van der Waals surface area contributed by atoms with Crippen LogP contribution in [0.1, 0.15) is 31.7 Å². The lowest BCUT2D eigenvalue weighted by atomic mass is 10.2. The van der Waals surface area contributed by atoms with Crippen molar-refractivity contribution < 1.29 is 4.74 Å². The second-order valence-electron chi connectivity index (χ2n) is 5.91. The molecule has 24 heavy (non-hydrogen) atoms. The summed E-state index contributed by atoms with van der Waals surface area (Å²) < 4.78 is 5.71. The van der Waals surface area contributed by atoms with Crippen LogP contribution in [0.25, 0.3) is 0 Å². The van der Waals surface area contributed by atoms with Crippen LogP contribution in [0.5, 0.6) is 5.75 Å². The molecule has 132 valence electrons. The first-order valence-electron chi connectivity index (χ1n) is 8.66. The average molecular weight is 348 g/mol. The molecule has 0 radical (unpaired) electrons. The minimum atomic E-state index is 0.511. The van der Waals surface area contributed by atoms with Gasteiger partial charge in [-0.25, -0.2) is 4.99 Å². The monoisotopic (exact) mass is 347 g/mol. The molecule has 2 N–H and O–H groups in total. The van der Waals surface area contributed by atoms with Crippen molar-refractivity contribution in [3.8, 4) is 5.75 Å². The minimum Gasteiger partial charge on any atom is -0.489 e. The molecule has 0 amide bonds. The summed E-state index contributed by atoms with van der Waals surface area (Å²) in [4.78, 5) is 4.75. The quantitative estimate of drug-likeness (QED) is 0.428. The van der Waals surface area contributed by atoms with Crippen LogP contribution in [0.4, 0.5) is 0 Å². The molecule has 4 nitrogen and oxygen atoms in total. The molecule has 2 rings (SSSR count). The van der Waals surface area contributed by atoms with E-state index in [1.165, 1.54) is 19.3 Å². The highest BCUT2D eigenvalue weighted by Crippen LogP contribution is 2.28. The smallest absolute Gasteiger partial charge is 0.191 e. The Morgan fingerprint density at radius 2 is 2.25 bits per heavy atom. The third kappa shape index (κ3) is 5.78. The fraction of sp³-hybridized carbons (Fsp3) is 0.526. The number of para-hydroxylation sites is 1. The highest BCUT2D eigenvalue weighted by Gasteiger charge is 2.24. The lowest BCUT2D eigenvalue weighted by Crippen LogP contribution is -2.42. The third-order valence-electron chi connectivity index (χ3n) is 4.14. The zero-order valence-corrected chi connectivity index (χ0v) is 15.6. The number of nitrogens with zero attached hydrogens (tertiary/aromatic N) is 1. The highest BCUT2D eigenvalue weighted by molar-refractivity contribution is 7.99. The molecular formula is C19H29N3OS. The Hall–Kier alpha value is -1.62. The number of guanidine groups is 1. The predicted molar refractivity (Wildman–Crippen MR) is 105 cm³/mol. The van der Waals surface area contributed by atoms with Gasteiger partial charge in [0.25, 0.3) is 0 Å². The Morgan fingerprint density at radius 3 is 2.96 bits per heavy atom. The molecule has 1 aliphatic rings. The average Bonchev–Trinajstić information content (AvgIpc) is 3.06. The summed E-state index contributed by atoms with van der Waals surface area (Å²) in [7, 11) is 0. The first-order valence-corrected chi connectivity index (χ1v) is 9.94.